The number of hydrogen-bond acceptors (Lipinski definition) is 3. The zero-order chi connectivity index (χ0) is 20.8. The van der Waals surface area contributed by atoms with E-state index in [1.54, 1.807) is 4.90 Å². The molecule has 2 N–H and O–H groups in total. The van der Waals surface area contributed by atoms with Gasteiger partial charge in [-0.2, -0.15) is 0 Å². The number of carbonyl (C=O) groups excluding carboxylic acids is 2. The van der Waals surface area contributed by atoms with E-state index in [9.17, 15) is 14.0 Å². The first-order valence-corrected chi connectivity index (χ1v) is 10.3. The van der Waals surface area contributed by atoms with E-state index >= 15 is 0 Å². The van der Waals surface area contributed by atoms with Gasteiger partial charge in [0.25, 0.3) is 0 Å². The Morgan fingerprint density at radius 2 is 1.72 bits per heavy atom. The lowest BCUT2D eigenvalue weighted by Crippen LogP contribution is -2.53. The smallest absolute Gasteiger partial charge is 0.317 e. The molecule has 1 saturated heterocycles. The molecule has 6 nitrogen and oxygen atoms in total. The molecule has 29 heavy (non-hydrogen) atoms. The van der Waals surface area contributed by atoms with E-state index in [4.69, 9.17) is 0 Å². The number of piperazine rings is 1. The van der Waals surface area contributed by atoms with Crippen molar-refractivity contribution >= 4 is 33.6 Å². The second kappa shape index (κ2) is 9.84. The quantitative estimate of drug-likeness (QED) is 0.712. The molecular weight excluding hydrogens is 439 g/mol. The van der Waals surface area contributed by atoms with Crippen molar-refractivity contribution in [1.82, 2.24) is 15.1 Å². The monoisotopic (exact) mass is 462 g/mol. The number of nitrogens with zero attached hydrogens (tertiary/aromatic N) is 2. The van der Waals surface area contributed by atoms with Crippen LogP contribution in [-0.4, -0.2) is 54.5 Å². The van der Waals surface area contributed by atoms with Crippen molar-refractivity contribution in [3.63, 3.8) is 0 Å². The van der Waals surface area contributed by atoms with Gasteiger partial charge in [0, 0.05) is 36.3 Å². The van der Waals surface area contributed by atoms with Gasteiger partial charge in [0.15, 0.2) is 0 Å². The lowest BCUT2D eigenvalue weighted by Gasteiger charge is -2.35. The van der Waals surface area contributed by atoms with Crippen molar-refractivity contribution in [2.24, 2.45) is 0 Å². The highest BCUT2D eigenvalue weighted by molar-refractivity contribution is 9.10. The van der Waals surface area contributed by atoms with Gasteiger partial charge in [-0.3, -0.25) is 9.69 Å². The fourth-order valence-corrected chi connectivity index (χ4v) is 3.85. The highest BCUT2D eigenvalue weighted by Gasteiger charge is 2.24. The molecule has 3 amide bonds. The van der Waals surface area contributed by atoms with Crippen molar-refractivity contribution in [2.75, 3.05) is 38.0 Å². The van der Waals surface area contributed by atoms with Crippen LogP contribution in [0.3, 0.4) is 0 Å². The molecule has 0 radical (unpaired) electrons. The molecule has 0 bridgehead atoms. The van der Waals surface area contributed by atoms with Gasteiger partial charge in [0.2, 0.25) is 5.91 Å². The molecule has 2 aromatic rings. The van der Waals surface area contributed by atoms with Crippen LogP contribution in [0.25, 0.3) is 0 Å². The van der Waals surface area contributed by atoms with E-state index in [0.717, 1.165) is 10.0 Å². The van der Waals surface area contributed by atoms with Crippen LogP contribution in [-0.2, 0) is 4.79 Å². The highest BCUT2D eigenvalue weighted by Crippen LogP contribution is 2.23. The van der Waals surface area contributed by atoms with Crippen LogP contribution >= 0.6 is 15.9 Å². The molecule has 3 rings (SSSR count). The SMILES string of the molecule is C[C@@H](NC(=O)N1CCN(CC(=O)Nc2ccc(F)cc2)CC1)c1ccccc1Br. The summed E-state index contributed by atoms with van der Waals surface area (Å²) in [7, 11) is 0. The number of amides is 3. The van der Waals surface area contributed by atoms with Crippen LogP contribution in [0.15, 0.2) is 53.0 Å². The summed E-state index contributed by atoms with van der Waals surface area (Å²) in [5, 5.41) is 5.78. The topological polar surface area (TPSA) is 64.7 Å². The maximum absolute atomic E-state index is 12.9. The minimum absolute atomic E-state index is 0.108. The van der Waals surface area contributed by atoms with Crippen LogP contribution in [0.4, 0.5) is 14.9 Å². The van der Waals surface area contributed by atoms with Crippen molar-refractivity contribution in [2.45, 2.75) is 13.0 Å². The Morgan fingerprint density at radius 1 is 1.07 bits per heavy atom. The molecular formula is C21H24BrFN4O2. The lowest BCUT2D eigenvalue weighted by atomic mass is 10.1. The number of anilines is 1. The van der Waals surface area contributed by atoms with Crippen LogP contribution in [0.5, 0.6) is 0 Å². The molecule has 154 valence electrons. The third kappa shape index (κ3) is 6.01. The third-order valence-electron chi connectivity index (χ3n) is 4.87. The van der Waals surface area contributed by atoms with Crippen LogP contribution in [0, 0.1) is 5.82 Å². The van der Waals surface area contributed by atoms with Gasteiger partial charge < -0.3 is 15.5 Å². The molecule has 1 atom stereocenters. The Labute approximate surface area is 178 Å². The molecule has 8 heteroatoms. The zero-order valence-corrected chi connectivity index (χ0v) is 17.8. The first-order chi connectivity index (χ1) is 13.9. The van der Waals surface area contributed by atoms with Gasteiger partial charge in [-0.25, -0.2) is 9.18 Å². The molecule has 1 aliphatic rings. The molecule has 0 spiro atoms. The zero-order valence-electron chi connectivity index (χ0n) is 16.2. The molecule has 0 unspecified atom stereocenters. The van der Waals surface area contributed by atoms with Gasteiger partial charge in [-0.1, -0.05) is 34.1 Å². The average Bonchev–Trinajstić information content (AvgIpc) is 2.70. The Bertz CT molecular complexity index is 854. The van der Waals surface area contributed by atoms with Gasteiger partial charge in [-0.15, -0.1) is 0 Å². The summed E-state index contributed by atoms with van der Waals surface area (Å²) in [6, 6.07) is 13.3. The van der Waals surface area contributed by atoms with E-state index in [1.165, 1.54) is 24.3 Å². The van der Waals surface area contributed by atoms with E-state index in [0.29, 0.717) is 31.9 Å². The third-order valence-corrected chi connectivity index (χ3v) is 5.59. The number of halogens is 2. The van der Waals surface area contributed by atoms with Crippen molar-refractivity contribution < 1.29 is 14.0 Å². The number of nitrogens with one attached hydrogen (secondary N) is 2. The molecule has 2 aromatic carbocycles. The Balaban J connectivity index is 1.43. The first kappa shape index (κ1) is 21.3. The molecule has 0 saturated carbocycles. The number of carbonyl (C=O) groups is 2. The second-order valence-electron chi connectivity index (χ2n) is 7.01. The number of rotatable bonds is 5. The Kier molecular flexibility index (Phi) is 7.22. The highest BCUT2D eigenvalue weighted by atomic mass is 79.9. The van der Waals surface area contributed by atoms with E-state index < -0.39 is 0 Å². The predicted octanol–water partition coefficient (Wildman–Crippen LogP) is 3.62. The van der Waals surface area contributed by atoms with Crippen LogP contribution in [0.2, 0.25) is 0 Å². The fourth-order valence-electron chi connectivity index (χ4n) is 3.23. The maximum Gasteiger partial charge on any atom is 0.317 e. The summed E-state index contributed by atoms with van der Waals surface area (Å²) in [5.74, 6) is -0.497. The fraction of sp³-hybridized carbons (Fsp3) is 0.333. The molecule has 1 fully saturated rings. The summed E-state index contributed by atoms with van der Waals surface area (Å²) >= 11 is 3.51. The summed E-state index contributed by atoms with van der Waals surface area (Å²) in [4.78, 5) is 28.5. The normalized spacial score (nSPS) is 15.6. The van der Waals surface area contributed by atoms with Gasteiger partial charge >= 0.3 is 6.03 Å². The van der Waals surface area contributed by atoms with Gasteiger partial charge in [0.05, 0.1) is 12.6 Å². The Hall–Kier alpha value is -2.45. The molecule has 1 aliphatic heterocycles. The maximum atomic E-state index is 12.9. The van der Waals surface area contributed by atoms with Crippen LogP contribution < -0.4 is 10.6 Å². The van der Waals surface area contributed by atoms with E-state index in [2.05, 4.69) is 26.6 Å². The average molecular weight is 463 g/mol. The van der Waals surface area contributed by atoms with E-state index in [1.807, 2.05) is 36.1 Å². The van der Waals surface area contributed by atoms with Crippen molar-refractivity contribution in [3.05, 3.63) is 64.4 Å². The molecule has 0 aliphatic carbocycles. The molecule has 0 aromatic heterocycles. The Morgan fingerprint density at radius 3 is 2.38 bits per heavy atom. The largest absolute Gasteiger partial charge is 0.331 e. The summed E-state index contributed by atoms with van der Waals surface area (Å²) in [6.45, 7) is 4.53. The first-order valence-electron chi connectivity index (χ1n) is 9.50. The minimum atomic E-state index is -0.341. The predicted molar refractivity (Wildman–Crippen MR) is 114 cm³/mol. The lowest BCUT2D eigenvalue weighted by molar-refractivity contribution is -0.117. The van der Waals surface area contributed by atoms with Gasteiger partial charge in [-0.05, 0) is 42.8 Å². The van der Waals surface area contributed by atoms with Crippen LogP contribution in [0.1, 0.15) is 18.5 Å². The number of urea groups is 1. The van der Waals surface area contributed by atoms with Gasteiger partial charge in [0.1, 0.15) is 5.82 Å². The summed E-state index contributed by atoms with van der Waals surface area (Å²) in [6.07, 6.45) is 0. The molecule has 1 heterocycles. The van der Waals surface area contributed by atoms with E-state index in [-0.39, 0.29) is 30.3 Å². The van der Waals surface area contributed by atoms with Crippen molar-refractivity contribution in [1.29, 1.82) is 0 Å². The number of benzene rings is 2. The summed E-state index contributed by atoms with van der Waals surface area (Å²) < 4.78 is 13.9. The summed E-state index contributed by atoms with van der Waals surface area (Å²) in [5.41, 5.74) is 1.59. The second-order valence-corrected chi connectivity index (χ2v) is 7.87. The standard InChI is InChI=1S/C21H24BrFN4O2/c1-15(18-4-2-3-5-19(18)22)24-21(29)27-12-10-26(11-13-27)14-20(28)25-17-8-6-16(23)7-9-17/h2-9,15H,10-14H2,1H3,(H,24,29)(H,25,28)/t15-/m1/s1. The van der Waals surface area contributed by atoms with Crippen molar-refractivity contribution in [3.8, 4) is 0 Å². The number of hydrogen-bond donors (Lipinski definition) is 2. The minimum Gasteiger partial charge on any atom is -0.331 e.